The summed E-state index contributed by atoms with van der Waals surface area (Å²) in [6.07, 6.45) is 5.23. The van der Waals surface area contributed by atoms with Gasteiger partial charge in [0.15, 0.2) is 62.6 Å². The van der Waals surface area contributed by atoms with Gasteiger partial charge in [-0.3, -0.25) is 89.0 Å². The number of amides is 3. The molecular weight excluding hydrogens is 1680 g/mol. The van der Waals surface area contributed by atoms with Crippen molar-refractivity contribution in [3.63, 3.8) is 0 Å². The van der Waals surface area contributed by atoms with Crippen LogP contribution in [-0.4, -0.2) is 186 Å². The Morgan fingerprint density at radius 1 is 0.444 bits per heavy atom. The average molecular weight is 1780 g/mol. The maximum Gasteiger partial charge on any atom is 0.337 e. The number of rotatable bonds is 12. The van der Waals surface area contributed by atoms with Gasteiger partial charge in [-0.2, -0.15) is 0 Å². The highest BCUT2D eigenvalue weighted by Gasteiger charge is 2.48. The Morgan fingerprint density at radius 3 is 1.41 bits per heavy atom. The van der Waals surface area contributed by atoms with Crippen LogP contribution in [0.4, 0.5) is 4.79 Å². The first kappa shape index (κ1) is 93.0. The number of nitrogens with zero attached hydrogens (tertiary/aromatic N) is 25. The number of ether oxygens (including phenoxy) is 2. The van der Waals surface area contributed by atoms with Crippen LogP contribution in [0.1, 0.15) is 78.8 Å². The maximum atomic E-state index is 12.8. The first-order valence-electron chi connectivity index (χ1n) is 39.9. The largest absolute Gasteiger partial charge is 0.359 e. The fourth-order valence-electron chi connectivity index (χ4n) is 14.6. The number of carbonyl (C=O) groups excluding carboxylic acids is 2. The van der Waals surface area contributed by atoms with E-state index in [-0.39, 0.29) is 91.7 Å². The molecule has 17 rings (SSSR count). The van der Waals surface area contributed by atoms with Crippen LogP contribution in [0.15, 0.2) is 130 Å². The minimum absolute atomic E-state index is 0.208. The lowest BCUT2D eigenvalue weighted by Crippen LogP contribution is -2.64. The second-order valence-corrected chi connectivity index (χ2v) is 32.0. The normalized spacial score (nSPS) is 14.4. The monoisotopic (exact) mass is 1780 g/mol. The number of aromatic amines is 2. The molecule has 15 heterocycles. The number of hydrogen-bond donors (Lipinski definition) is 3. The van der Waals surface area contributed by atoms with Crippen molar-refractivity contribution in [1.29, 1.82) is 0 Å². The number of imide groups is 1. The van der Waals surface area contributed by atoms with E-state index >= 15 is 0 Å². The Bertz CT molecular complexity index is 7350. The minimum atomic E-state index is -0.420. The molecule has 14 aromatic rings. The fourth-order valence-corrected chi connectivity index (χ4v) is 14.8. The highest BCUT2D eigenvalue weighted by atomic mass is 35.5. The van der Waals surface area contributed by atoms with E-state index in [9.17, 15) is 67.1 Å². The zero-order valence-corrected chi connectivity index (χ0v) is 75.1. The number of imidazole rings is 6. The lowest BCUT2D eigenvalue weighted by molar-refractivity contribution is -0.133. The molecule has 2 aromatic carbocycles. The molecule has 2 atom stereocenters. The van der Waals surface area contributed by atoms with Crippen LogP contribution in [-0.2, 0) is 111 Å². The number of nitrogens with one attached hydrogen (secondary N) is 3. The Kier molecular flexibility index (Phi) is 27.9. The summed E-state index contributed by atoms with van der Waals surface area (Å²) in [6, 6.07) is 13.1. The van der Waals surface area contributed by atoms with Gasteiger partial charge >= 0.3 is 40.2 Å². The lowest BCUT2D eigenvalue weighted by Gasteiger charge is -2.39. The summed E-state index contributed by atoms with van der Waals surface area (Å²) in [7, 11) is 17.4. The van der Waals surface area contributed by atoms with Gasteiger partial charge in [0.1, 0.15) is 40.3 Å². The molecule has 3 aliphatic rings. The van der Waals surface area contributed by atoms with Gasteiger partial charge in [0, 0.05) is 114 Å². The second-order valence-electron chi connectivity index (χ2n) is 31.1. The Morgan fingerprint density at radius 2 is 0.881 bits per heavy atom. The van der Waals surface area contributed by atoms with Gasteiger partial charge < -0.3 is 43.0 Å². The van der Waals surface area contributed by atoms with Gasteiger partial charge in [-0.1, -0.05) is 64.7 Å². The third-order valence-corrected chi connectivity index (χ3v) is 21.3. The summed E-state index contributed by atoms with van der Waals surface area (Å²) < 4.78 is 33.0. The highest BCUT2D eigenvalue weighted by molar-refractivity contribution is 6.31. The van der Waals surface area contributed by atoms with Crippen LogP contribution in [0.3, 0.4) is 0 Å². The molecule has 3 aliphatic heterocycles. The fraction of sp³-hybridized carbons (Fsp3) is 0.438. The number of aromatic nitrogens is 24. The van der Waals surface area contributed by atoms with Gasteiger partial charge in [0.05, 0.1) is 56.0 Å². The quantitative estimate of drug-likeness (QED) is 0.157. The predicted octanol–water partition coefficient (Wildman–Crippen LogP) is 1.89. The smallest absolute Gasteiger partial charge is 0.337 e. The van der Waals surface area contributed by atoms with Crippen molar-refractivity contribution in [2.45, 2.75) is 127 Å². The minimum Gasteiger partial charge on any atom is -0.359 e. The van der Waals surface area contributed by atoms with E-state index in [1.54, 1.807) is 146 Å². The van der Waals surface area contributed by atoms with E-state index < -0.39 is 11.7 Å². The summed E-state index contributed by atoms with van der Waals surface area (Å²) in [6.45, 7) is 22.4. The zero-order chi connectivity index (χ0) is 92.5. The summed E-state index contributed by atoms with van der Waals surface area (Å²) >= 11 is 11.8. The molecule has 0 saturated carbocycles. The van der Waals surface area contributed by atoms with Crippen LogP contribution in [0.25, 0.3) is 78.4 Å². The van der Waals surface area contributed by atoms with Crippen LogP contribution in [0, 0.1) is 32.6 Å². The third-order valence-electron chi connectivity index (χ3n) is 20.8. The molecule has 3 amide bonds. The average Bonchev–Trinajstić information content (AvgIpc) is 1.53. The van der Waals surface area contributed by atoms with Crippen molar-refractivity contribution in [1.82, 2.24) is 128 Å². The number of carbonyl (C=O) groups is 2. The zero-order valence-electron chi connectivity index (χ0n) is 73.6. The van der Waals surface area contributed by atoms with Crippen LogP contribution >= 0.6 is 23.2 Å². The Balaban J connectivity index is 0.000000144. The number of benzene rings is 2. The number of fused-ring (bicyclic) bond motifs is 7. The molecule has 3 N–H and O–H groups in total. The first-order valence-corrected chi connectivity index (χ1v) is 40.7. The van der Waals surface area contributed by atoms with Crippen LogP contribution in [0.5, 0.6) is 0 Å². The maximum absolute atomic E-state index is 12.8. The molecule has 0 bridgehead atoms. The van der Waals surface area contributed by atoms with Crippen molar-refractivity contribution in [3.05, 3.63) is 220 Å². The molecular formula is C80H100Cl2N28O16. The number of H-pyrrole nitrogens is 2. The van der Waals surface area contributed by atoms with Gasteiger partial charge in [-0.15, -0.1) is 0 Å². The van der Waals surface area contributed by atoms with Crippen molar-refractivity contribution >= 4 is 108 Å². The number of urea groups is 1. The molecule has 2 unspecified atom stereocenters. The van der Waals surface area contributed by atoms with Gasteiger partial charge in [0.2, 0.25) is 0 Å². The summed E-state index contributed by atoms with van der Waals surface area (Å²) in [5.74, 6) is 3.03. The third kappa shape index (κ3) is 18.0. The van der Waals surface area contributed by atoms with Gasteiger partial charge in [-0.25, -0.2) is 77.6 Å². The molecule has 126 heavy (non-hydrogen) atoms. The number of amidine groups is 1. The molecule has 0 aliphatic carbocycles. The van der Waals surface area contributed by atoms with E-state index in [0.717, 1.165) is 18.3 Å². The Hall–Kier alpha value is -13.7. The topological polar surface area (TPSA) is 476 Å². The predicted molar refractivity (Wildman–Crippen MR) is 474 cm³/mol. The van der Waals surface area contributed by atoms with E-state index in [1.807, 2.05) is 48.5 Å². The van der Waals surface area contributed by atoms with E-state index in [4.69, 9.17) is 32.7 Å². The summed E-state index contributed by atoms with van der Waals surface area (Å²) in [5, 5.41) is 4.18. The molecule has 2 fully saturated rings. The number of likely N-dealkylation sites (N-methyl/N-ethyl adjacent to an activating group) is 1. The highest BCUT2D eigenvalue weighted by Crippen LogP contribution is 2.24. The van der Waals surface area contributed by atoms with Gasteiger partial charge in [-0.05, 0) is 101 Å². The van der Waals surface area contributed by atoms with E-state index in [2.05, 4.69) is 50.2 Å². The van der Waals surface area contributed by atoms with Gasteiger partial charge in [0.25, 0.3) is 39.3 Å². The van der Waals surface area contributed by atoms with E-state index in [1.165, 1.54) is 84.8 Å². The van der Waals surface area contributed by atoms with Crippen LogP contribution in [0.2, 0.25) is 10.0 Å². The first-order chi connectivity index (χ1) is 59.5. The molecule has 44 nitrogen and oxygen atoms in total. The van der Waals surface area contributed by atoms with Crippen molar-refractivity contribution in [2.75, 3.05) is 26.8 Å². The summed E-state index contributed by atoms with van der Waals surface area (Å²) in [4.78, 5) is 207. The number of halogens is 2. The summed E-state index contributed by atoms with van der Waals surface area (Å²) in [5.41, 5.74) is 1.78. The molecule has 12 aromatic heterocycles. The molecule has 2 saturated heterocycles. The molecule has 670 valence electrons. The number of aryl methyl sites for hydroxylation is 9. The second kappa shape index (κ2) is 37.8. The van der Waals surface area contributed by atoms with Crippen molar-refractivity contribution < 1.29 is 19.1 Å². The van der Waals surface area contributed by atoms with E-state index in [0.29, 0.717) is 177 Å². The van der Waals surface area contributed by atoms with Crippen molar-refractivity contribution in [2.24, 2.45) is 87.3 Å². The SMILES string of the molecule is CC(C)Cn1c(=O)n(C)c(=O)c2ncn(C)c21.CC1=NC2C(N1)C(=O)N(C)C(=O)N2CC(C)C.CCCn1c(=O)c2[nH]c(C)nc2n(-c2ccc(Cl)cc2)c1=O.CCCn1c(=O)c2ncn(C)c2n(-c2ccc(Cl)cc2)c1=O.Cc1nc2c([nH]1)c(=O)n(C)c(=O)n2C.Cc1nc2c(c(=O)n(C)c(=O)n2C)n1CC1OCCO1.Cn1c(=O)c2ncn(C)c2n(C)c1=O. The number of hydrogen-bond acceptors (Lipinski definition) is 24. The molecule has 46 heteroatoms. The van der Waals surface area contributed by atoms with Crippen LogP contribution < -0.4 is 72.8 Å². The molecule has 0 radical (unpaired) electrons. The molecule has 0 spiro atoms. The lowest BCUT2D eigenvalue weighted by atomic mass is 10.1. The van der Waals surface area contributed by atoms with Crippen molar-refractivity contribution in [3.8, 4) is 11.4 Å². The number of aliphatic imine (C=N–C) groups is 1. The Labute approximate surface area is 723 Å². The standard InChI is InChI=1S/2C15H15ClN4O2.C12H16N4O4.C11H16N4O2.C11H18N4O2.2C8H10N4O2/c1-3-8-19-14(21)12-13(18(2)9-17-12)20(15(19)22)11-6-4-10(16)5-7-11;1-3-8-19-14(21)12-13(18-9(2)17-12)20(15(19)22)11-6-4-10(16)5-7-11;1-7-13-10-9(11(17)15(3)12(18)14(10)2)16(7)6-8-19-4-5-20-8;1-7(2)5-15-9-8(12-6-13(9)3)10(16)14(4)11(15)17;1-6(2)5-15-9-8(12-7(3)13-9)10(16)14(4)11(15)17;1-10-4-9-5-6(10)11(2)8(14)12(3)7(5)13;1-4-9-5-6(10-4)11(2)8(14)12(3)7(5)13/h4-7,9H,3,8H2,1-2H3;4-7H,3,8H2,1-2H3,(H,17,18);8H,4-6H2,1-3H3;6-7H,5H2,1-4H3;6,8-9H,5H2,1-4H3,(H,12,13);4H,1-3H3;1-3H3,(H,9,10).